The molecule has 0 spiro atoms. The summed E-state index contributed by atoms with van der Waals surface area (Å²) in [5.74, 6) is 1.01. The standard InChI is InChI=1S/C21H26N2O5/c1-14(2)16-6-8-17(9-7-16)27-12-20(24)22-23-21(25)13-28-18-10-5-15(3)11-19(18)26-4/h5-11,14H,12-13H2,1-4H3,(H,22,24)(H,23,25). The molecule has 28 heavy (non-hydrogen) atoms. The van der Waals surface area contributed by atoms with Gasteiger partial charge in [-0.05, 0) is 48.2 Å². The molecule has 0 bridgehead atoms. The van der Waals surface area contributed by atoms with E-state index in [4.69, 9.17) is 14.2 Å². The van der Waals surface area contributed by atoms with Gasteiger partial charge in [-0.15, -0.1) is 0 Å². The molecule has 0 aromatic heterocycles. The highest BCUT2D eigenvalue weighted by Crippen LogP contribution is 2.27. The van der Waals surface area contributed by atoms with Crippen LogP contribution >= 0.6 is 0 Å². The maximum Gasteiger partial charge on any atom is 0.276 e. The quantitative estimate of drug-likeness (QED) is 0.682. The maximum absolute atomic E-state index is 11.8. The minimum absolute atomic E-state index is 0.214. The van der Waals surface area contributed by atoms with E-state index >= 15 is 0 Å². The molecule has 0 unspecified atom stereocenters. The highest BCUT2D eigenvalue weighted by molar-refractivity contribution is 5.83. The van der Waals surface area contributed by atoms with Crippen LogP contribution in [-0.4, -0.2) is 32.1 Å². The van der Waals surface area contributed by atoms with Crippen molar-refractivity contribution in [1.29, 1.82) is 0 Å². The van der Waals surface area contributed by atoms with Gasteiger partial charge in [-0.3, -0.25) is 20.4 Å². The molecule has 2 amide bonds. The van der Waals surface area contributed by atoms with Crippen molar-refractivity contribution in [2.45, 2.75) is 26.7 Å². The Bertz CT molecular complexity index is 803. The van der Waals surface area contributed by atoms with E-state index in [1.54, 1.807) is 12.1 Å². The Morgan fingerprint density at radius 3 is 2.07 bits per heavy atom. The Morgan fingerprint density at radius 1 is 0.893 bits per heavy atom. The molecule has 7 nitrogen and oxygen atoms in total. The van der Waals surface area contributed by atoms with E-state index < -0.39 is 11.8 Å². The summed E-state index contributed by atoms with van der Waals surface area (Å²) in [6.07, 6.45) is 0. The molecule has 2 rings (SSSR count). The normalized spacial score (nSPS) is 10.3. The van der Waals surface area contributed by atoms with Gasteiger partial charge in [0.2, 0.25) is 0 Å². The van der Waals surface area contributed by atoms with Crippen molar-refractivity contribution in [3.63, 3.8) is 0 Å². The van der Waals surface area contributed by atoms with Gasteiger partial charge >= 0.3 is 0 Å². The summed E-state index contributed by atoms with van der Waals surface area (Å²) < 4.78 is 16.0. The Hall–Kier alpha value is -3.22. The van der Waals surface area contributed by atoms with Crippen LogP contribution < -0.4 is 25.1 Å². The number of carbonyl (C=O) groups is 2. The molecule has 2 aromatic rings. The van der Waals surface area contributed by atoms with Gasteiger partial charge in [0.1, 0.15) is 5.75 Å². The zero-order valence-corrected chi connectivity index (χ0v) is 16.6. The summed E-state index contributed by atoms with van der Waals surface area (Å²) in [4.78, 5) is 23.6. The number of benzene rings is 2. The highest BCUT2D eigenvalue weighted by Gasteiger charge is 2.09. The topological polar surface area (TPSA) is 85.9 Å². The molecule has 0 saturated carbocycles. The first kappa shape index (κ1) is 21.1. The third kappa shape index (κ3) is 6.50. The zero-order valence-electron chi connectivity index (χ0n) is 16.6. The predicted octanol–water partition coefficient (Wildman–Crippen LogP) is 2.73. The van der Waals surface area contributed by atoms with Crippen LogP contribution in [-0.2, 0) is 9.59 Å². The Labute approximate surface area is 165 Å². The van der Waals surface area contributed by atoms with E-state index in [0.29, 0.717) is 23.2 Å². The number of ether oxygens (including phenoxy) is 3. The second-order valence-electron chi connectivity index (χ2n) is 6.55. The van der Waals surface area contributed by atoms with Crippen LogP contribution in [0.3, 0.4) is 0 Å². The van der Waals surface area contributed by atoms with Crippen molar-refractivity contribution in [2.24, 2.45) is 0 Å². The summed E-state index contributed by atoms with van der Waals surface area (Å²) in [5.41, 5.74) is 6.76. The van der Waals surface area contributed by atoms with Crippen molar-refractivity contribution in [1.82, 2.24) is 10.9 Å². The zero-order chi connectivity index (χ0) is 20.5. The lowest BCUT2D eigenvalue weighted by molar-refractivity contribution is -0.131. The van der Waals surface area contributed by atoms with E-state index in [2.05, 4.69) is 24.7 Å². The van der Waals surface area contributed by atoms with Crippen LogP contribution in [0.4, 0.5) is 0 Å². The summed E-state index contributed by atoms with van der Waals surface area (Å²) in [6.45, 7) is 5.65. The molecule has 0 aliphatic carbocycles. The first-order valence-electron chi connectivity index (χ1n) is 8.97. The molecule has 2 N–H and O–H groups in total. The van der Waals surface area contributed by atoms with Crippen molar-refractivity contribution in [2.75, 3.05) is 20.3 Å². The van der Waals surface area contributed by atoms with E-state index in [0.717, 1.165) is 5.56 Å². The molecule has 0 aliphatic rings. The second-order valence-corrected chi connectivity index (χ2v) is 6.55. The number of rotatable bonds is 8. The average Bonchev–Trinajstić information content (AvgIpc) is 2.69. The van der Waals surface area contributed by atoms with Crippen molar-refractivity contribution < 1.29 is 23.8 Å². The van der Waals surface area contributed by atoms with E-state index in [9.17, 15) is 9.59 Å². The molecule has 2 aromatic carbocycles. The molecule has 0 fully saturated rings. The van der Waals surface area contributed by atoms with Gasteiger partial charge in [0.15, 0.2) is 24.7 Å². The summed E-state index contributed by atoms with van der Waals surface area (Å²) in [5, 5.41) is 0. The largest absolute Gasteiger partial charge is 0.493 e. The van der Waals surface area contributed by atoms with Crippen molar-refractivity contribution >= 4 is 11.8 Å². The molecule has 150 valence electrons. The first-order valence-corrected chi connectivity index (χ1v) is 8.97. The SMILES string of the molecule is COc1cc(C)ccc1OCC(=O)NNC(=O)COc1ccc(C(C)C)cc1. The second kappa shape index (κ2) is 10.2. The smallest absolute Gasteiger partial charge is 0.276 e. The summed E-state index contributed by atoms with van der Waals surface area (Å²) in [6, 6.07) is 12.9. The molecular weight excluding hydrogens is 360 g/mol. The minimum Gasteiger partial charge on any atom is -0.493 e. The molecule has 0 heterocycles. The Balaban J connectivity index is 1.71. The van der Waals surface area contributed by atoms with Crippen LogP contribution in [0.25, 0.3) is 0 Å². The number of methoxy groups -OCH3 is 1. The first-order chi connectivity index (χ1) is 13.4. The van der Waals surface area contributed by atoms with Crippen molar-refractivity contribution in [3.8, 4) is 17.2 Å². The monoisotopic (exact) mass is 386 g/mol. The van der Waals surface area contributed by atoms with Crippen LogP contribution in [0, 0.1) is 6.92 Å². The maximum atomic E-state index is 11.8. The number of hydrogen-bond acceptors (Lipinski definition) is 5. The lowest BCUT2D eigenvalue weighted by Crippen LogP contribution is -2.45. The van der Waals surface area contributed by atoms with Gasteiger partial charge in [-0.25, -0.2) is 0 Å². The molecule has 0 radical (unpaired) electrons. The molecule has 7 heteroatoms. The van der Waals surface area contributed by atoms with Crippen LogP contribution in [0.5, 0.6) is 17.2 Å². The summed E-state index contributed by atoms with van der Waals surface area (Å²) in [7, 11) is 1.53. The van der Waals surface area contributed by atoms with Gasteiger partial charge in [0, 0.05) is 0 Å². The number of amides is 2. The fourth-order valence-corrected chi connectivity index (χ4v) is 2.35. The van der Waals surface area contributed by atoms with Gasteiger partial charge in [0.25, 0.3) is 11.8 Å². The van der Waals surface area contributed by atoms with Crippen LogP contribution in [0.15, 0.2) is 42.5 Å². The fourth-order valence-electron chi connectivity index (χ4n) is 2.35. The van der Waals surface area contributed by atoms with Gasteiger partial charge in [-0.2, -0.15) is 0 Å². The average molecular weight is 386 g/mol. The predicted molar refractivity (Wildman–Crippen MR) is 106 cm³/mol. The number of carbonyl (C=O) groups excluding carboxylic acids is 2. The minimum atomic E-state index is -0.503. The van der Waals surface area contributed by atoms with E-state index in [1.807, 2.05) is 37.3 Å². The molecular formula is C21H26N2O5. The number of hydrogen-bond donors (Lipinski definition) is 2. The summed E-state index contributed by atoms with van der Waals surface area (Å²) >= 11 is 0. The van der Waals surface area contributed by atoms with Gasteiger partial charge in [-0.1, -0.05) is 32.0 Å². The molecule has 0 aliphatic heterocycles. The number of aryl methyl sites for hydroxylation is 1. The lowest BCUT2D eigenvalue weighted by atomic mass is 10.0. The van der Waals surface area contributed by atoms with Crippen LogP contribution in [0.1, 0.15) is 30.9 Å². The lowest BCUT2D eigenvalue weighted by Gasteiger charge is -2.12. The third-order valence-electron chi connectivity index (χ3n) is 3.94. The van der Waals surface area contributed by atoms with E-state index in [-0.39, 0.29) is 13.2 Å². The Kier molecular flexibility index (Phi) is 7.68. The molecule has 0 atom stereocenters. The van der Waals surface area contributed by atoms with Gasteiger partial charge in [0.05, 0.1) is 7.11 Å². The van der Waals surface area contributed by atoms with Crippen molar-refractivity contribution in [3.05, 3.63) is 53.6 Å². The Morgan fingerprint density at radius 2 is 1.50 bits per heavy atom. The highest BCUT2D eigenvalue weighted by atomic mass is 16.5. The molecule has 0 saturated heterocycles. The van der Waals surface area contributed by atoms with E-state index in [1.165, 1.54) is 12.7 Å². The number of hydrazine groups is 1. The fraction of sp³-hybridized carbons (Fsp3) is 0.333. The number of nitrogens with one attached hydrogen (secondary N) is 2. The third-order valence-corrected chi connectivity index (χ3v) is 3.94. The van der Waals surface area contributed by atoms with Crippen LogP contribution in [0.2, 0.25) is 0 Å². The van der Waals surface area contributed by atoms with Gasteiger partial charge < -0.3 is 14.2 Å².